The van der Waals surface area contributed by atoms with Crippen molar-refractivity contribution in [3.63, 3.8) is 0 Å². The zero-order valence-electron chi connectivity index (χ0n) is 7.48. The molecule has 0 aliphatic rings. The second kappa shape index (κ2) is 4.22. The van der Waals surface area contributed by atoms with Crippen molar-refractivity contribution in [1.29, 1.82) is 0 Å². The Balaban J connectivity index is 2.49. The molecule has 0 fully saturated rings. The lowest BCUT2D eigenvalue weighted by molar-refractivity contribution is -0.137. The second-order valence-electron chi connectivity index (χ2n) is 2.51. The van der Waals surface area contributed by atoms with Crippen molar-refractivity contribution in [3.8, 4) is 0 Å². The minimum Gasteiger partial charge on any atom is -0.460 e. The van der Waals surface area contributed by atoms with Gasteiger partial charge in [0.25, 0.3) is 0 Å². The van der Waals surface area contributed by atoms with Crippen LogP contribution in [-0.4, -0.2) is 18.0 Å². The Morgan fingerprint density at radius 3 is 2.79 bits per heavy atom. The largest absolute Gasteiger partial charge is 0.460 e. The predicted molar refractivity (Wildman–Crippen MR) is 48.4 cm³/mol. The number of aryl methyl sites for hydroxylation is 1. The van der Waals surface area contributed by atoms with E-state index in [4.69, 9.17) is 4.42 Å². The van der Waals surface area contributed by atoms with Gasteiger partial charge < -0.3 is 10.2 Å². The van der Waals surface area contributed by atoms with Crippen molar-refractivity contribution in [3.05, 3.63) is 23.7 Å². The lowest BCUT2D eigenvalue weighted by atomic mass is 10.4. The van der Waals surface area contributed by atoms with Crippen LogP contribution >= 0.6 is 0 Å². The number of nitrogens with zero attached hydrogens (tertiary/aromatic N) is 1. The third-order valence-electron chi connectivity index (χ3n) is 1.34. The topological polar surface area (TPSA) is 97.7 Å². The number of nitrogens with one attached hydrogen (secondary N) is 1. The van der Waals surface area contributed by atoms with E-state index in [2.05, 4.69) is 10.8 Å². The van der Waals surface area contributed by atoms with Gasteiger partial charge in [-0.15, -0.1) is 0 Å². The van der Waals surface area contributed by atoms with Crippen LogP contribution in [-0.2, 0) is 9.59 Å². The summed E-state index contributed by atoms with van der Waals surface area (Å²) in [5.74, 6) is -0.845. The summed E-state index contributed by atoms with van der Waals surface area (Å²) in [6.45, 7) is 1.78. The molecule has 0 aromatic carbocycles. The number of nitrogens with two attached hydrogens (primary N) is 1. The molecule has 0 bridgehead atoms. The first-order chi connectivity index (χ1) is 6.59. The van der Waals surface area contributed by atoms with Crippen LogP contribution in [0, 0.1) is 6.92 Å². The molecule has 6 nitrogen and oxygen atoms in total. The number of hydrogen-bond donors (Lipinski definition) is 2. The zero-order valence-corrected chi connectivity index (χ0v) is 7.48. The van der Waals surface area contributed by atoms with Gasteiger partial charge in [0.15, 0.2) is 0 Å². The molecule has 0 aliphatic heterocycles. The molecule has 1 rings (SSSR count). The minimum atomic E-state index is -1.09. The molecule has 0 spiro atoms. The summed E-state index contributed by atoms with van der Waals surface area (Å²) in [4.78, 5) is 20.9. The van der Waals surface area contributed by atoms with E-state index in [0.717, 1.165) is 5.76 Å². The van der Waals surface area contributed by atoms with Crippen molar-refractivity contribution in [1.82, 2.24) is 5.43 Å². The fourth-order valence-electron chi connectivity index (χ4n) is 0.732. The van der Waals surface area contributed by atoms with Crippen LogP contribution in [0.2, 0.25) is 0 Å². The molecule has 0 radical (unpaired) electrons. The second-order valence-corrected chi connectivity index (χ2v) is 2.51. The number of hydrazone groups is 1. The number of hydrogen-bond acceptors (Lipinski definition) is 4. The van der Waals surface area contributed by atoms with Crippen molar-refractivity contribution in [2.75, 3.05) is 0 Å². The Morgan fingerprint density at radius 1 is 1.57 bits per heavy atom. The van der Waals surface area contributed by atoms with Gasteiger partial charge in [-0.3, -0.25) is 9.59 Å². The highest BCUT2D eigenvalue weighted by atomic mass is 16.3. The van der Waals surface area contributed by atoms with Crippen molar-refractivity contribution in [2.24, 2.45) is 10.8 Å². The van der Waals surface area contributed by atoms with E-state index in [1.165, 1.54) is 6.21 Å². The maximum Gasteiger partial charge on any atom is 0.329 e. The smallest absolute Gasteiger partial charge is 0.329 e. The summed E-state index contributed by atoms with van der Waals surface area (Å²) in [5.41, 5.74) is 6.61. The van der Waals surface area contributed by atoms with Gasteiger partial charge in [-0.2, -0.15) is 5.10 Å². The van der Waals surface area contributed by atoms with Crippen LogP contribution in [0.5, 0.6) is 0 Å². The van der Waals surface area contributed by atoms with Crippen LogP contribution in [0.4, 0.5) is 0 Å². The predicted octanol–water partition coefficient (Wildman–Crippen LogP) is -0.477. The molecule has 1 heterocycles. The Labute approximate surface area is 79.8 Å². The van der Waals surface area contributed by atoms with Gasteiger partial charge in [0.1, 0.15) is 11.5 Å². The van der Waals surface area contributed by atoms with Crippen LogP contribution in [0.25, 0.3) is 0 Å². The lowest BCUT2D eigenvalue weighted by Crippen LogP contribution is -2.32. The van der Waals surface area contributed by atoms with Crippen LogP contribution in [0.3, 0.4) is 0 Å². The third-order valence-corrected chi connectivity index (χ3v) is 1.34. The standard InChI is InChI=1S/C8H9N3O3/c1-5-2-3-6(14-5)4-10-11-8(13)7(9)12/h2-4H,1H3,(H2,9,12)(H,11,13)/b10-4-. The highest BCUT2D eigenvalue weighted by Gasteiger charge is 2.05. The molecule has 3 N–H and O–H groups in total. The SMILES string of the molecule is Cc1ccc(/C=N\NC(=O)C(N)=O)o1. The van der Waals surface area contributed by atoms with Gasteiger partial charge in [0, 0.05) is 0 Å². The molecule has 6 heteroatoms. The molecule has 0 aliphatic carbocycles. The molecule has 1 aromatic rings. The first-order valence-corrected chi connectivity index (χ1v) is 3.79. The monoisotopic (exact) mass is 195 g/mol. The number of primary amides is 1. The average molecular weight is 195 g/mol. The summed E-state index contributed by atoms with van der Waals surface area (Å²) in [6.07, 6.45) is 1.27. The van der Waals surface area contributed by atoms with Crippen molar-refractivity contribution < 1.29 is 14.0 Å². The number of carbonyl (C=O) groups is 2. The summed E-state index contributed by atoms with van der Waals surface area (Å²) in [5, 5.41) is 3.46. The summed E-state index contributed by atoms with van der Waals surface area (Å²) in [7, 11) is 0. The Bertz CT molecular complexity index is 381. The lowest BCUT2D eigenvalue weighted by Gasteiger charge is -1.91. The fourth-order valence-corrected chi connectivity index (χ4v) is 0.732. The Hall–Kier alpha value is -2.11. The fraction of sp³-hybridized carbons (Fsp3) is 0.125. The quantitative estimate of drug-likeness (QED) is 0.379. The molecule has 0 saturated heterocycles. The normalized spacial score (nSPS) is 10.4. The zero-order chi connectivity index (χ0) is 10.6. The van der Waals surface area contributed by atoms with Gasteiger partial charge in [-0.25, -0.2) is 5.43 Å². The number of rotatable bonds is 2. The molecular formula is C8H9N3O3. The van der Waals surface area contributed by atoms with E-state index in [-0.39, 0.29) is 0 Å². The summed E-state index contributed by atoms with van der Waals surface area (Å²) >= 11 is 0. The molecule has 0 saturated carbocycles. The minimum absolute atomic E-state index is 0.479. The van der Waals surface area contributed by atoms with E-state index in [9.17, 15) is 9.59 Å². The van der Waals surface area contributed by atoms with Crippen LogP contribution in [0.1, 0.15) is 11.5 Å². The van der Waals surface area contributed by atoms with Gasteiger partial charge in [0.2, 0.25) is 0 Å². The van der Waals surface area contributed by atoms with Gasteiger partial charge in [-0.05, 0) is 19.1 Å². The first kappa shape index (κ1) is 9.97. The number of furan rings is 1. The average Bonchev–Trinajstić information content (AvgIpc) is 2.51. The molecule has 1 aromatic heterocycles. The number of amides is 2. The van der Waals surface area contributed by atoms with E-state index < -0.39 is 11.8 Å². The van der Waals surface area contributed by atoms with E-state index in [0.29, 0.717) is 5.76 Å². The highest BCUT2D eigenvalue weighted by molar-refractivity contribution is 6.34. The number of carbonyl (C=O) groups excluding carboxylic acids is 2. The third kappa shape index (κ3) is 2.74. The van der Waals surface area contributed by atoms with Gasteiger partial charge in [-0.1, -0.05) is 0 Å². The Kier molecular flexibility index (Phi) is 3.01. The molecule has 0 atom stereocenters. The van der Waals surface area contributed by atoms with E-state index in [1.807, 2.05) is 5.43 Å². The van der Waals surface area contributed by atoms with Gasteiger partial charge >= 0.3 is 11.8 Å². The Morgan fingerprint density at radius 2 is 2.29 bits per heavy atom. The maximum absolute atomic E-state index is 10.6. The molecule has 0 unspecified atom stereocenters. The molecule has 2 amide bonds. The van der Waals surface area contributed by atoms with E-state index >= 15 is 0 Å². The summed E-state index contributed by atoms with van der Waals surface area (Å²) < 4.78 is 5.11. The van der Waals surface area contributed by atoms with Crippen molar-refractivity contribution in [2.45, 2.75) is 6.92 Å². The molecule has 14 heavy (non-hydrogen) atoms. The molecular weight excluding hydrogens is 186 g/mol. The molecule has 74 valence electrons. The maximum atomic E-state index is 10.6. The van der Waals surface area contributed by atoms with Crippen molar-refractivity contribution >= 4 is 18.0 Å². The summed E-state index contributed by atoms with van der Waals surface area (Å²) in [6, 6.07) is 3.42. The van der Waals surface area contributed by atoms with Gasteiger partial charge in [0.05, 0.1) is 6.21 Å². The first-order valence-electron chi connectivity index (χ1n) is 3.79. The van der Waals surface area contributed by atoms with Crippen LogP contribution in [0.15, 0.2) is 21.7 Å². The van der Waals surface area contributed by atoms with Crippen LogP contribution < -0.4 is 11.2 Å². The van der Waals surface area contributed by atoms with E-state index in [1.54, 1.807) is 19.1 Å². The highest BCUT2D eigenvalue weighted by Crippen LogP contribution is 2.02.